The van der Waals surface area contributed by atoms with Crippen LogP contribution in [0.4, 0.5) is 5.69 Å². The fraction of sp³-hybridized carbons (Fsp3) is 0.481. The van der Waals surface area contributed by atoms with Gasteiger partial charge >= 0.3 is 0 Å². The first-order chi connectivity index (χ1) is 16.9. The fourth-order valence-electron chi connectivity index (χ4n) is 5.49. The van der Waals surface area contributed by atoms with Gasteiger partial charge in [-0.2, -0.15) is 0 Å². The van der Waals surface area contributed by atoms with Crippen LogP contribution in [0.5, 0.6) is 5.75 Å². The zero-order valence-electron chi connectivity index (χ0n) is 20.3. The average molecular weight is 480 g/mol. The molecule has 2 aromatic carbocycles. The molecule has 8 heteroatoms. The van der Waals surface area contributed by atoms with Gasteiger partial charge in [0.1, 0.15) is 18.0 Å². The zero-order chi connectivity index (χ0) is 24.5. The van der Waals surface area contributed by atoms with Crippen LogP contribution in [0.15, 0.2) is 42.5 Å². The van der Waals surface area contributed by atoms with Gasteiger partial charge in [0, 0.05) is 30.3 Å². The average Bonchev–Trinajstić information content (AvgIpc) is 3.20. The Morgan fingerprint density at radius 1 is 1.17 bits per heavy atom. The van der Waals surface area contributed by atoms with Gasteiger partial charge in [0.2, 0.25) is 11.8 Å². The molecule has 0 saturated carbocycles. The zero-order valence-corrected chi connectivity index (χ0v) is 20.3. The van der Waals surface area contributed by atoms with Crippen LogP contribution in [0, 0.1) is 0 Å². The molecule has 0 aliphatic carbocycles. The summed E-state index contributed by atoms with van der Waals surface area (Å²) in [6, 6.07) is 13.9. The number of hydrogen-bond donors (Lipinski definition) is 2. The van der Waals surface area contributed by atoms with Crippen molar-refractivity contribution < 1.29 is 24.2 Å². The Balaban J connectivity index is 1.28. The lowest BCUT2D eigenvalue weighted by molar-refractivity contribution is -0.149. The van der Waals surface area contributed by atoms with E-state index in [-0.39, 0.29) is 43.0 Å². The molecule has 0 spiro atoms. The number of nitrogens with zero attached hydrogens (tertiary/aromatic N) is 2. The third-order valence-electron chi connectivity index (χ3n) is 7.13. The summed E-state index contributed by atoms with van der Waals surface area (Å²) in [5.41, 5.74) is 4.21. The van der Waals surface area contributed by atoms with E-state index in [2.05, 4.69) is 17.4 Å². The van der Waals surface area contributed by atoms with Gasteiger partial charge in [0.05, 0.1) is 25.7 Å². The first-order valence-corrected chi connectivity index (χ1v) is 12.3. The number of rotatable bonds is 6. The molecular formula is C27H33N3O5. The van der Waals surface area contributed by atoms with Crippen LogP contribution in [0.2, 0.25) is 0 Å². The van der Waals surface area contributed by atoms with Crippen molar-refractivity contribution >= 4 is 17.5 Å². The number of likely N-dealkylation sites (N-methyl/N-ethyl adjacent to an activating group) is 1. The summed E-state index contributed by atoms with van der Waals surface area (Å²) in [5.74, 6) is 0.717. The van der Waals surface area contributed by atoms with Crippen LogP contribution in [0.3, 0.4) is 0 Å². The van der Waals surface area contributed by atoms with Crippen molar-refractivity contribution in [1.82, 2.24) is 9.80 Å². The Bertz CT molecular complexity index is 1100. The van der Waals surface area contributed by atoms with E-state index in [1.165, 1.54) is 11.1 Å². The first-order valence-electron chi connectivity index (χ1n) is 12.3. The van der Waals surface area contributed by atoms with Crippen LogP contribution < -0.4 is 10.1 Å². The highest BCUT2D eigenvalue weighted by Crippen LogP contribution is 2.47. The number of hydrogen-bond acceptors (Lipinski definition) is 6. The molecular weight excluding hydrogens is 446 g/mol. The van der Waals surface area contributed by atoms with Crippen molar-refractivity contribution in [3.8, 4) is 5.75 Å². The van der Waals surface area contributed by atoms with Crippen LogP contribution in [-0.4, -0.2) is 78.8 Å². The molecule has 8 nitrogen and oxygen atoms in total. The molecule has 0 bridgehead atoms. The summed E-state index contributed by atoms with van der Waals surface area (Å²) < 4.78 is 12.3. The van der Waals surface area contributed by atoms with Crippen molar-refractivity contribution in [1.29, 1.82) is 0 Å². The van der Waals surface area contributed by atoms with Gasteiger partial charge in [-0.1, -0.05) is 24.3 Å². The van der Waals surface area contributed by atoms with Gasteiger partial charge in [-0.15, -0.1) is 0 Å². The number of carbonyl (C=O) groups excluding carboxylic acids is 2. The quantitative estimate of drug-likeness (QED) is 0.660. The van der Waals surface area contributed by atoms with E-state index in [0.29, 0.717) is 31.7 Å². The number of aliphatic hydroxyl groups excluding tert-OH is 1. The minimum atomic E-state index is -0.507. The van der Waals surface area contributed by atoms with Crippen LogP contribution in [-0.2, 0) is 27.3 Å². The topological polar surface area (TPSA) is 91.3 Å². The number of aliphatic hydroxyl groups is 1. The van der Waals surface area contributed by atoms with E-state index in [0.717, 1.165) is 17.7 Å². The van der Waals surface area contributed by atoms with E-state index in [4.69, 9.17) is 9.47 Å². The van der Waals surface area contributed by atoms with Gasteiger partial charge < -0.3 is 29.7 Å². The highest BCUT2D eigenvalue weighted by Gasteiger charge is 2.46. The summed E-state index contributed by atoms with van der Waals surface area (Å²) in [6.07, 6.45) is 0.639. The monoisotopic (exact) mass is 479 g/mol. The molecule has 3 aliphatic heterocycles. The largest absolute Gasteiger partial charge is 0.487 e. The molecule has 0 unspecified atom stereocenters. The molecule has 186 valence electrons. The smallest absolute Gasteiger partial charge is 0.238 e. The Hall–Kier alpha value is -2.94. The normalized spacial score (nSPS) is 24.9. The van der Waals surface area contributed by atoms with Crippen molar-refractivity contribution in [3.05, 3.63) is 59.2 Å². The molecule has 4 atom stereocenters. The predicted molar refractivity (Wildman–Crippen MR) is 131 cm³/mol. The second kappa shape index (κ2) is 9.97. The molecule has 5 rings (SSSR count). The maximum atomic E-state index is 13.2. The molecule has 35 heavy (non-hydrogen) atoms. The van der Waals surface area contributed by atoms with Crippen molar-refractivity contribution in [2.24, 2.45) is 0 Å². The molecule has 3 aliphatic rings. The van der Waals surface area contributed by atoms with Gasteiger partial charge in [-0.3, -0.25) is 9.59 Å². The Kier molecular flexibility index (Phi) is 6.77. The molecule has 0 aromatic heterocycles. The molecule has 2 N–H and O–H groups in total. The summed E-state index contributed by atoms with van der Waals surface area (Å²) >= 11 is 0. The number of benzene rings is 2. The van der Waals surface area contributed by atoms with Crippen molar-refractivity contribution in [2.75, 3.05) is 39.1 Å². The summed E-state index contributed by atoms with van der Waals surface area (Å²) in [4.78, 5) is 29.1. The number of amides is 2. The van der Waals surface area contributed by atoms with E-state index >= 15 is 0 Å². The lowest BCUT2D eigenvalue weighted by Gasteiger charge is -2.38. The van der Waals surface area contributed by atoms with Crippen LogP contribution in [0.1, 0.15) is 35.4 Å². The fourth-order valence-corrected chi connectivity index (χ4v) is 5.49. The summed E-state index contributed by atoms with van der Waals surface area (Å²) in [6.45, 7) is 1.45. The Morgan fingerprint density at radius 3 is 2.74 bits per heavy atom. The second-order valence-electron chi connectivity index (χ2n) is 9.98. The number of anilines is 1. The summed E-state index contributed by atoms with van der Waals surface area (Å²) in [5, 5.41) is 13.0. The summed E-state index contributed by atoms with van der Waals surface area (Å²) in [7, 11) is 3.70. The molecule has 0 radical (unpaired) electrons. The minimum Gasteiger partial charge on any atom is -0.487 e. The van der Waals surface area contributed by atoms with E-state index in [9.17, 15) is 14.7 Å². The van der Waals surface area contributed by atoms with E-state index in [1.807, 2.05) is 54.2 Å². The molecule has 1 saturated heterocycles. The van der Waals surface area contributed by atoms with Crippen LogP contribution in [0.25, 0.3) is 0 Å². The van der Waals surface area contributed by atoms with Gasteiger partial charge in [-0.25, -0.2) is 0 Å². The van der Waals surface area contributed by atoms with Crippen molar-refractivity contribution in [3.63, 3.8) is 0 Å². The number of ether oxygens (including phenoxy) is 2. The third kappa shape index (κ3) is 5.05. The highest BCUT2D eigenvalue weighted by atomic mass is 16.6. The van der Waals surface area contributed by atoms with E-state index in [1.54, 1.807) is 0 Å². The minimum absolute atomic E-state index is 0.0125. The van der Waals surface area contributed by atoms with Gasteiger partial charge in [-0.05, 0) is 56.3 Å². The van der Waals surface area contributed by atoms with E-state index < -0.39 is 6.10 Å². The molecule has 2 amide bonds. The number of fused-ring (bicyclic) bond motifs is 4. The van der Waals surface area contributed by atoms with Crippen LogP contribution >= 0.6 is 0 Å². The molecule has 3 heterocycles. The van der Waals surface area contributed by atoms with Gasteiger partial charge in [0.25, 0.3) is 0 Å². The SMILES string of the molecule is CN(C)CC(=O)Nc1ccc2c(c1)[C@@H]1C[C@@H](CC(=O)N3CCc4ccccc4C3)O[C@H](CO)[C@@H]1O2. The Labute approximate surface area is 205 Å². The van der Waals surface area contributed by atoms with Crippen molar-refractivity contribution in [2.45, 2.75) is 50.0 Å². The molecule has 1 fully saturated rings. The highest BCUT2D eigenvalue weighted by molar-refractivity contribution is 5.92. The predicted octanol–water partition coefficient (Wildman–Crippen LogP) is 2.16. The van der Waals surface area contributed by atoms with Gasteiger partial charge in [0.15, 0.2) is 0 Å². The first kappa shape index (κ1) is 23.8. The molecule has 2 aromatic rings. The number of carbonyl (C=O) groups is 2. The standard InChI is InChI=1S/C27H33N3O5/c1-29(2)15-25(32)28-19-7-8-23-21(11-19)22-12-20(34-24(16-31)27(22)35-23)13-26(33)30-10-9-17-5-3-4-6-18(17)14-30/h3-8,11,20,22,24,27,31H,9-10,12-16H2,1-2H3,(H,28,32)/t20-,22-,24+,27+/m0/s1. The lowest BCUT2D eigenvalue weighted by Crippen LogP contribution is -2.48. The maximum Gasteiger partial charge on any atom is 0.238 e. The Morgan fingerprint density at radius 2 is 1.97 bits per heavy atom. The number of nitrogens with one attached hydrogen (secondary N) is 1. The third-order valence-corrected chi connectivity index (χ3v) is 7.13. The lowest BCUT2D eigenvalue weighted by atomic mass is 9.84. The second-order valence-corrected chi connectivity index (χ2v) is 9.98. The maximum absolute atomic E-state index is 13.2.